The van der Waals surface area contributed by atoms with E-state index in [2.05, 4.69) is 26.6 Å². The zero-order chi connectivity index (χ0) is 14.3. The third kappa shape index (κ3) is 2.07. The summed E-state index contributed by atoms with van der Waals surface area (Å²) in [7, 11) is 0. The number of aliphatic hydroxyl groups excluding tert-OH is 1. The summed E-state index contributed by atoms with van der Waals surface area (Å²) in [5.41, 5.74) is 4.74. The zero-order valence-electron chi connectivity index (χ0n) is 11.2. The van der Waals surface area contributed by atoms with Crippen LogP contribution >= 0.6 is 15.9 Å². The monoisotopic (exact) mass is 330 g/mol. The molecule has 1 aromatic heterocycles. The molecule has 1 heterocycles. The van der Waals surface area contributed by atoms with Crippen LogP contribution in [0.5, 0.6) is 0 Å². The van der Waals surface area contributed by atoms with E-state index in [1.54, 1.807) is 0 Å². The van der Waals surface area contributed by atoms with Crippen molar-refractivity contribution in [2.24, 2.45) is 0 Å². The molecule has 1 unspecified atom stereocenters. The SMILES string of the molecule is Cc1cc2c(n1-c1cc(Br)ccc1C#N)CCCC2O. The van der Waals surface area contributed by atoms with Gasteiger partial charge in [0.2, 0.25) is 0 Å². The van der Waals surface area contributed by atoms with Gasteiger partial charge in [-0.05, 0) is 50.5 Å². The predicted octanol–water partition coefficient (Wildman–Crippen LogP) is 3.79. The van der Waals surface area contributed by atoms with Gasteiger partial charge in [0.15, 0.2) is 0 Å². The Morgan fingerprint density at radius 1 is 1.40 bits per heavy atom. The summed E-state index contributed by atoms with van der Waals surface area (Å²) >= 11 is 3.47. The highest BCUT2D eigenvalue weighted by atomic mass is 79.9. The van der Waals surface area contributed by atoms with Crippen LogP contribution < -0.4 is 0 Å². The maximum atomic E-state index is 10.1. The lowest BCUT2D eigenvalue weighted by Crippen LogP contribution is -2.12. The summed E-state index contributed by atoms with van der Waals surface area (Å²) < 4.78 is 3.06. The molecule has 20 heavy (non-hydrogen) atoms. The van der Waals surface area contributed by atoms with E-state index in [4.69, 9.17) is 0 Å². The van der Waals surface area contributed by atoms with Crippen LogP contribution in [0.2, 0.25) is 0 Å². The highest BCUT2D eigenvalue weighted by molar-refractivity contribution is 9.10. The molecule has 3 rings (SSSR count). The molecule has 0 saturated heterocycles. The molecule has 2 aromatic rings. The lowest BCUT2D eigenvalue weighted by Gasteiger charge is -2.21. The van der Waals surface area contributed by atoms with Crippen molar-refractivity contribution >= 4 is 15.9 Å². The molecule has 0 aliphatic heterocycles. The number of nitrogens with zero attached hydrogens (tertiary/aromatic N) is 2. The quantitative estimate of drug-likeness (QED) is 0.864. The first-order chi connectivity index (χ1) is 9.61. The Balaban J connectivity index is 2.26. The number of halogens is 1. The number of aryl methyl sites for hydroxylation is 1. The number of aliphatic hydroxyl groups is 1. The molecule has 3 nitrogen and oxygen atoms in total. The lowest BCUT2D eigenvalue weighted by atomic mass is 9.95. The van der Waals surface area contributed by atoms with Gasteiger partial charge in [0.05, 0.1) is 17.4 Å². The summed E-state index contributed by atoms with van der Waals surface area (Å²) in [5.74, 6) is 0. The van der Waals surface area contributed by atoms with Crippen molar-refractivity contribution in [3.63, 3.8) is 0 Å². The van der Waals surface area contributed by atoms with Crippen molar-refractivity contribution < 1.29 is 5.11 Å². The van der Waals surface area contributed by atoms with Gasteiger partial charge in [0.1, 0.15) is 6.07 Å². The Hall–Kier alpha value is -1.57. The van der Waals surface area contributed by atoms with Crippen LogP contribution in [0.4, 0.5) is 0 Å². The van der Waals surface area contributed by atoms with Gasteiger partial charge in [-0.25, -0.2) is 0 Å². The summed E-state index contributed by atoms with van der Waals surface area (Å²) in [6.45, 7) is 2.02. The van der Waals surface area contributed by atoms with Gasteiger partial charge < -0.3 is 9.67 Å². The van der Waals surface area contributed by atoms with E-state index < -0.39 is 0 Å². The Morgan fingerprint density at radius 2 is 2.20 bits per heavy atom. The summed E-state index contributed by atoms with van der Waals surface area (Å²) in [5, 5.41) is 19.5. The van der Waals surface area contributed by atoms with Crippen molar-refractivity contribution in [2.45, 2.75) is 32.3 Å². The minimum atomic E-state index is -0.378. The number of hydrogen-bond donors (Lipinski definition) is 1. The van der Waals surface area contributed by atoms with E-state index in [9.17, 15) is 10.4 Å². The fraction of sp³-hybridized carbons (Fsp3) is 0.312. The number of aromatic nitrogens is 1. The van der Waals surface area contributed by atoms with Crippen molar-refractivity contribution in [1.82, 2.24) is 4.57 Å². The maximum absolute atomic E-state index is 10.1. The molecule has 1 N–H and O–H groups in total. The van der Waals surface area contributed by atoms with E-state index in [1.807, 2.05) is 31.2 Å². The number of nitriles is 1. The summed E-state index contributed by atoms with van der Waals surface area (Å²) in [6, 6.07) is 9.96. The Kier molecular flexibility index (Phi) is 3.41. The normalized spacial score (nSPS) is 17.6. The summed E-state index contributed by atoms with van der Waals surface area (Å²) in [4.78, 5) is 0. The first kappa shape index (κ1) is 13.4. The van der Waals surface area contributed by atoms with E-state index in [0.717, 1.165) is 46.4 Å². The molecular weight excluding hydrogens is 316 g/mol. The van der Waals surface area contributed by atoms with Crippen molar-refractivity contribution in [2.75, 3.05) is 0 Å². The number of rotatable bonds is 1. The topological polar surface area (TPSA) is 49.0 Å². The number of benzene rings is 1. The fourth-order valence-electron chi connectivity index (χ4n) is 3.00. The van der Waals surface area contributed by atoms with E-state index in [-0.39, 0.29) is 6.10 Å². The second-order valence-corrected chi connectivity index (χ2v) is 6.12. The van der Waals surface area contributed by atoms with Crippen LogP contribution in [0, 0.1) is 18.3 Å². The van der Waals surface area contributed by atoms with Crippen LogP contribution in [0.15, 0.2) is 28.7 Å². The van der Waals surface area contributed by atoms with Crippen LogP contribution in [0.1, 0.15) is 41.5 Å². The minimum absolute atomic E-state index is 0.378. The molecule has 0 radical (unpaired) electrons. The van der Waals surface area contributed by atoms with E-state index in [0.29, 0.717) is 5.56 Å². The number of hydrogen-bond acceptors (Lipinski definition) is 2. The van der Waals surface area contributed by atoms with Gasteiger partial charge in [-0.3, -0.25) is 0 Å². The highest BCUT2D eigenvalue weighted by Crippen LogP contribution is 2.35. The molecule has 0 fully saturated rings. The van der Waals surface area contributed by atoms with Gasteiger partial charge >= 0.3 is 0 Å². The minimum Gasteiger partial charge on any atom is -0.388 e. The smallest absolute Gasteiger partial charge is 0.101 e. The molecule has 0 bridgehead atoms. The van der Waals surface area contributed by atoms with Crippen molar-refractivity contribution in [1.29, 1.82) is 5.26 Å². The van der Waals surface area contributed by atoms with Gasteiger partial charge in [-0.2, -0.15) is 5.26 Å². The average Bonchev–Trinajstić information content (AvgIpc) is 2.76. The lowest BCUT2D eigenvalue weighted by molar-refractivity contribution is 0.156. The molecule has 102 valence electrons. The van der Waals surface area contributed by atoms with E-state index in [1.165, 1.54) is 0 Å². The largest absolute Gasteiger partial charge is 0.388 e. The Labute approximate surface area is 126 Å². The third-order valence-corrected chi connectivity index (χ3v) is 4.38. The molecule has 0 saturated carbocycles. The number of fused-ring (bicyclic) bond motifs is 1. The van der Waals surface area contributed by atoms with Gasteiger partial charge in [0.25, 0.3) is 0 Å². The fourth-order valence-corrected chi connectivity index (χ4v) is 3.35. The Bertz CT molecular complexity index is 712. The average molecular weight is 331 g/mol. The molecule has 1 aliphatic rings. The predicted molar refractivity (Wildman–Crippen MR) is 80.8 cm³/mol. The standard InChI is InChI=1S/C16H15BrN2O/c1-10-7-13-14(3-2-4-16(13)20)19(10)15-8-12(17)6-5-11(15)9-18/h5-8,16,20H,2-4H2,1H3. The van der Waals surface area contributed by atoms with Gasteiger partial charge in [0, 0.05) is 21.4 Å². The molecule has 1 atom stereocenters. The van der Waals surface area contributed by atoms with Gasteiger partial charge in [-0.15, -0.1) is 0 Å². The van der Waals surface area contributed by atoms with Crippen molar-refractivity contribution in [3.8, 4) is 11.8 Å². The Morgan fingerprint density at radius 3 is 2.95 bits per heavy atom. The maximum Gasteiger partial charge on any atom is 0.101 e. The first-order valence-corrected chi connectivity index (χ1v) is 7.50. The van der Waals surface area contributed by atoms with Crippen LogP contribution in [0.3, 0.4) is 0 Å². The van der Waals surface area contributed by atoms with Gasteiger partial charge in [-0.1, -0.05) is 15.9 Å². The van der Waals surface area contributed by atoms with Crippen LogP contribution in [-0.4, -0.2) is 9.67 Å². The zero-order valence-corrected chi connectivity index (χ0v) is 12.8. The molecule has 0 amide bonds. The first-order valence-electron chi connectivity index (χ1n) is 6.71. The summed E-state index contributed by atoms with van der Waals surface area (Å²) in [6.07, 6.45) is 2.36. The molecule has 4 heteroatoms. The second-order valence-electron chi connectivity index (χ2n) is 5.20. The van der Waals surface area contributed by atoms with Crippen LogP contribution in [0.25, 0.3) is 5.69 Å². The molecule has 1 aromatic carbocycles. The van der Waals surface area contributed by atoms with Crippen LogP contribution in [-0.2, 0) is 6.42 Å². The third-order valence-electron chi connectivity index (χ3n) is 3.89. The highest BCUT2D eigenvalue weighted by Gasteiger charge is 2.24. The molecular formula is C16H15BrN2O. The van der Waals surface area contributed by atoms with Crippen molar-refractivity contribution in [3.05, 3.63) is 51.3 Å². The second kappa shape index (κ2) is 5.08. The molecule has 1 aliphatic carbocycles. The van der Waals surface area contributed by atoms with E-state index >= 15 is 0 Å². The molecule has 0 spiro atoms.